The van der Waals surface area contributed by atoms with Crippen molar-refractivity contribution in [3.63, 3.8) is 0 Å². The van der Waals surface area contributed by atoms with Crippen molar-refractivity contribution in [3.8, 4) is 0 Å². The summed E-state index contributed by atoms with van der Waals surface area (Å²) in [5, 5.41) is 0. The molecule has 2 aliphatic carbocycles. The number of carbonyl (C=O) groups excluding carboxylic acids is 1. The Labute approximate surface area is 161 Å². The van der Waals surface area contributed by atoms with Crippen molar-refractivity contribution in [1.82, 2.24) is 0 Å². The van der Waals surface area contributed by atoms with E-state index in [2.05, 4.69) is 32.1 Å². The lowest BCUT2D eigenvalue weighted by Gasteiger charge is -2.03. The van der Waals surface area contributed by atoms with Crippen molar-refractivity contribution in [2.45, 2.75) is 52.6 Å². The molecule has 27 heavy (non-hydrogen) atoms. The van der Waals surface area contributed by atoms with Crippen molar-refractivity contribution in [3.05, 3.63) is 71.2 Å². The molecule has 1 heterocycles. The Kier molecular flexibility index (Phi) is 4.94. The van der Waals surface area contributed by atoms with E-state index in [1.807, 2.05) is 24.3 Å². The Morgan fingerprint density at radius 3 is 2.67 bits per heavy atom. The van der Waals surface area contributed by atoms with Crippen LogP contribution in [0.25, 0.3) is 0 Å². The molecule has 3 heteroatoms. The summed E-state index contributed by atoms with van der Waals surface area (Å²) < 4.78 is 11.2. The Hall–Kier alpha value is -2.29. The summed E-state index contributed by atoms with van der Waals surface area (Å²) in [5.74, 6) is 1.13. The van der Waals surface area contributed by atoms with E-state index in [0.29, 0.717) is 5.92 Å². The van der Waals surface area contributed by atoms with Gasteiger partial charge in [-0.2, -0.15) is 0 Å². The molecule has 2 fully saturated rings. The molecule has 142 valence electrons. The van der Waals surface area contributed by atoms with Crippen LogP contribution in [0.1, 0.15) is 56.4 Å². The van der Waals surface area contributed by atoms with Gasteiger partial charge in [0, 0.05) is 12.0 Å². The van der Waals surface area contributed by atoms with Gasteiger partial charge in [-0.05, 0) is 48.6 Å². The van der Waals surface area contributed by atoms with Crippen LogP contribution in [-0.2, 0) is 22.6 Å². The van der Waals surface area contributed by atoms with Crippen molar-refractivity contribution >= 4 is 5.97 Å². The summed E-state index contributed by atoms with van der Waals surface area (Å²) >= 11 is 0. The first kappa shape index (κ1) is 18.1. The second kappa shape index (κ2) is 7.38. The molecule has 2 atom stereocenters. The Balaban J connectivity index is 1.31. The maximum absolute atomic E-state index is 12.6. The quantitative estimate of drug-likeness (QED) is 0.488. The number of hydrogen-bond acceptors (Lipinski definition) is 3. The third kappa shape index (κ3) is 4.02. The van der Waals surface area contributed by atoms with Crippen LogP contribution in [0.2, 0.25) is 0 Å². The third-order valence-corrected chi connectivity index (χ3v) is 6.14. The fourth-order valence-corrected chi connectivity index (χ4v) is 4.32. The van der Waals surface area contributed by atoms with E-state index >= 15 is 0 Å². The van der Waals surface area contributed by atoms with Gasteiger partial charge in [0.15, 0.2) is 0 Å². The van der Waals surface area contributed by atoms with E-state index in [9.17, 15) is 4.79 Å². The lowest BCUT2D eigenvalue weighted by atomic mass is 10.1. The van der Waals surface area contributed by atoms with Crippen molar-refractivity contribution in [1.29, 1.82) is 0 Å². The average Bonchev–Trinajstić information content (AvgIpc) is 3.10. The van der Waals surface area contributed by atoms with Crippen LogP contribution in [0.4, 0.5) is 0 Å². The van der Waals surface area contributed by atoms with Gasteiger partial charge in [-0.1, -0.05) is 55.8 Å². The van der Waals surface area contributed by atoms with E-state index in [4.69, 9.17) is 9.15 Å². The van der Waals surface area contributed by atoms with Crippen LogP contribution in [0.5, 0.6) is 0 Å². The summed E-state index contributed by atoms with van der Waals surface area (Å²) in [6.45, 7) is 4.63. The predicted octanol–water partition coefficient (Wildman–Crippen LogP) is 5.69. The minimum absolute atomic E-state index is 0.0127. The average molecular weight is 364 g/mol. The molecular formula is C24H28O3. The molecule has 1 aromatic heterocycles. The number of hydrogen-bond donors (Lipinski definition) is 0. The highest BCUT2D eigenvalue weighted by atomic mass is 16.5. The van der Waals surface area contributed by atoms with Gasteiger partial charge < -0.3 is 9.15 Å². The lowest BCUT2D eigenvalue weighted by Crippen LogP contribution is -2.10. The van der Waals surface area contributed by atoms with Crippen LogP contribution in [0.15, 0.2) is 58.7 Å². The van der Waals surface area contributed by atoms with Crippen molar-refractivity contribution in [2.75, 3.05) is 0 Å². The molecule has 0 aliphatic heterocycles. The summed E-state index contributed by atoms with van der Waals surface area (Å²) in [6.07, 6.45) is 9.79. The minimum atomic E-state index is -0.0781. The number of benzene rings is 1. The molecule has 2 aromatic rings. The topological polar surface area (TPSA) is 39.4 Å². The number of allylic oxidation sites excluding steroid dienone is 2. The molecule has 1 aromatic carbocycles. The molecule has 0 spiro atoms. The molecule has 2 aliphatic rings. The van der Waals surface area contributed by atoms with Gasteiger partial charge in [0.1, 0.15) is 12.4 Å². The van der Waals surface area contributed by atoms with Gasteiger partial charge in [0.2, 0.25) is 0 Å². The summed E-state index contributed by atoms with van der Waals surface area (Å²) in [6, 6.07) is 12.2. The zero-order valence-electron chi connectivity index (χ0n) is 16.2. The Morgan fingerprint density at radius 2 is 1.93 bits per heavy atom. The third-order valence-electron chi connectivity index (χ3n) is 6.14. The Bertz CT molecular complexity index is 820. The molecule has 0 amide bonds. The SMILES string of the molecule is CC1(C)[C@H](C(=O)OCc2coc(Cc3ccccc3)c2)[C@@H]1C=C1CCCC1. The fourth-order valence-electron chi connectivity index (χ4n) is 4.32. The maximum atomic E-state index is 12.6. The molecule has 0 radical (unpaired) electrons. The highest BCUT2D eigenvalue weighted by molar-refractivity contribution is 5.78. The number of furan rings is 1. The van der Waals surface area contributed by atoms with Gasteiger partial charge in [-0.3, -0.25) is 4.79 Å². The first-order valence-corrected chi connectivity index (χ1v) is 10.0. The normalized spacial score (nSPS) is 23.3. The molecule has 2 saturated carbocycles. The van der Waals surface area contributed by atoms with Gasteiger partial charge >= 0.3 is 5.97 Å². The van der Waals surface area contributed by atoms with Gasteiger partial charge in [0.25, 0.3) is 0 Å². The number of carbonyl (C=O) groups is 1. The summed E-state index contributed by atoms with van der Waals surface area (Å²) in [7, 11) is 0. The van der Waals surface area contributed by atoms with E-state index in [1.165, 1.54) is 36.8 Å². The molecular weight excluding hydrogens is 336 g/mol. The van der Waals surface area contributed by atoms with Gasteiger partial charge in [-0.15, -0.1) is 0 Å². The number of ether oxygens (including phenoxy) is 1. The van der Waals surface area contributed by atoms with Crippen molar-refractivity contribution < 1.29 is 13.9 Å². The molecule has 0 unspecified atom stereocenters. The predicted molar refractivity (Wildman–Crippen MR) is 105 cm³/mol. The highest BCUT2D eigenvalue weighted by Gasteiger charge is 2.61. The summed E-state index contributed by atoms with van der Waals surface area (Å²) in [5.41, 5.74) is 3.67. The minimum Gasteiger partial charge on any atom is -0.469 e. The molecule has 0 N–H and O–H groups in total. The zero-order valence-corrected chi connectivity index (χ0v) is 16.2. The molecule has 0 saturated heterocycles. The standard InChI is InChI=1S/C24H28O3/c1-24(2)21(14-18-10-6-7-11-18)22(24)23(25)27-16-19-13-20(26-15-19)12-17-8-4-3-5-9-17/h3-5,8-9,13-15,21-22H,6-7,10-12,16H2,1-2H3/t21-,22-/m0/s1. The number of rotatable bonds is 6. The van der Waals surface area contributed by atoms with Crippen LogP contribution < -0.4 is 0 Å². The first-order valence-electron chi connectivity index (χ1n) is 10.0. The molecule has 4 rings (SSSR count). The lowest BCUT2D eigenvalue weighted by molar-refractivity contribution is -0.147. The monoisotopic (exact) mass is 364 g/mol. The zero-order chi connectivity index (χ0) is 18.9. The van der Waals surface area contributed by atoms with E-state index < -0.39 is 0 Å². The van der Waals surface area contributed by atoms with E-state index in [0.717, 1.165) is 17.7 Å². The molecule has 3 nitrogen and oxygen atoms in total. The maximum Gasteiger partial charge on any atom is 0.310 e. The second-order valence-electron chi connectivity index (χ2n) is 8.55. The smallest absolute Gasteiger partial charge is 0.310 e. The highest BCUT2D eigenvalue weighted by Crippen LogP contribution is 2.60. The first-order chi connectivity index (χ1) is 13.0. The largest absolute Gasteiger partial charge is 0.469 e. The van der Waals surface area contributed by atoms with Crippen LogP contribution >= 0.6 is 0 Å². The summed E-state index contributed by atoms with van der Waals surface area (Å²) in [4.78, 5) is 12.6. The second-order valence-corrected chi connectivity index (χ2v) is 8.55. The van der Waals surface area contributed by atoms with Gasteiger partial charge in [-0.25, -0.2) is 0 Å². The van der Waals surface area contributed by atoms with Crippen LogP contribution in [0.3, 0.4) is 0 Å². The van der Waals surface area contributed by atoms with E-state index in [-0.39, 0.29) is 23.9 Å². The molecule has 0 bridgehead atoms. The van der Waals surface area contributed by atoms with Crippen LogP contribution in [0, 0.1) is 17.3 Å². The fraction of sp³-hybridized carbons (Fsp3) is 0.458. The van der Waals surface area contributed by atoms with E-state index in [1.54, 1.807) is 6.26 Å². The van der Waals surface area contributed by atoms with Crippen LogP contribution in [-0.4, -0.2) is 5.97 Å². The number of esters is 1. The Morgan fingerprint density at radius 1 is 1.19 bits per heavy atom. The van der Waals surface area contributed by atoms with Gasteiger partial charge in [0.05, 0.1) is 12.2 Å². The van der Waals surface area contributed by atoms with Crippen molar-refractivity contribution in [2.24, 2.45) is 17.3 Å².